The van der Waals surface area contributed by atoms with Gasteiger partial charge >= 0.3 is 5.69 Å². The zero-order valence-electron chi connectivity index (χ0n) is 12.0. The van der Waals surface area contributed by atoms with E-state index in [-0.39, 0.29) is 10.6 Å². The Morgan fingerprint density at radius 1 is 1.33 bits per heavy atom. The van der Waals surface area contributed by atoms with Gasteiger partial charge in [-0.3, -0.25) is 14.8 Å². The average Bonchev–Trinajstić information content (AvgIpc) is 2.85. The molecule has 0 amide bonds. The van der Waals surface area contributed by atoms with Crippen LogP contribution in [0.1, 0.15) is 12.7 Å². The number of nitro groups is 1. The molecule has 0 saturated carbocycles. The molecule has 1 aromatic carbocycles. The van der Waals surface area contributed by atoms with E-state index in [1.165, 1.54) is 0 Å². The number of nitrogens with one attached hydrogen (secondary N) is 2. The van der Waals surface area contributed by atoms with E-state index in [1.54, 1.807) is 36.3 Å². The summed E-state index contributed by atoms with van der Waals surface area (Å²) in [5.74, 6) is 0.704. The highest BCUT2D eigenvalue weighted by Gasteiger charge is 2.18. The molecule has 8 nitrogen and oxygen atoms in total. The lowest BCUT2D eigenvalue weighted by Crippen LogP contribution is -2.10. The molecule has 1 heterocycles. The fourth-order valence-electron chi connectivity index (χ4n) is 2.02. The number of aryl methyl sites for hydroxylation is 1. The van der Waals surface area contributed by atoms with Crippen molar-refractivity contribution in [1.29, 1.82) is 0 Å². The molecule has 0 aliphatic carbocycles. The number of para-hydroxylation sites is 1. The zero-order chi connectivity index (χ0) is 15.2. The molecule has 0 aliphatic rings. The van der Waals surface area contributed by atoms with Crippen molar-refractivity contribution in [2.24, 2.45) is 7.05 Å². The van der Waals surface area contributed by atoms with Crippen LogP contribution in [0, 0.1) is 10.1 Å². The molecule has 2 N–H and O–H groups in total. The topological polar surface area (TPSA) is 97.9 Å². The van der Waals surface area contributed by atoms with Gasteiger partial charge in [0.25, 0.3) is 0 Å². The summed E-state index contributed by atoms with van der Waals surface area (Å²) in [4.78, 5) is 15.0. The zero-order valence-corrected chi connectivity index (χ0v) is 12.0. The van der Waals surface area contributed by atoms with Gasteiger partial charge in [-0.2, -0.15) is 5.10 Å². The number of anilines is 2. The van der Waals surface area contributed by atoms with Crippen LogP contribution in [0.5, 0.6) is 0 Å². The van der Waals surface area contributed by atoms with Crippen LogP contribution < -0.4 is 10.6 Å². The van der Waals surface area contributed by atoms with Crippen LogP contribution in [0.15, 0.2) is 24.5 Å². The van der Waals surface area contributed by atoms with Crippen LogP contribution in [0.2, 0.25) is 0 Å². The smallest absolute Gasteiger partial charge is 0.315 e. The molecule has 0 fully saturated rings. The quantitative estimate of drug-likeness (QED) is 0.596. The van der Waals surface area contributed by atoms with Crippen LogP contribution >= 0.6 is 0 Å². The Hall–Kier alpha value is -2.64. The van der Waals surface area contributed by atoms with Gasteiger partial charge in [-0.1, -0.05) is 6.07 Å². The number of rotatable bonds is 7. The number of hydrogen-bond acceptors (Lipinski definition) is 6. The molecule has 1 aromatic heterocycles. The van der Waals surface area contributed by atoms with Crippen LogP contribution in [0.3, 0.4) is 0 Å². The second-order valence-electron chi connectivity index (χ2n) is 4.50. The Bertz CT molecular complexity index is 625. The number of aromatic nitrogens is 3. The summed E-state index contributed by atoms with van der Waals surface area (Å²) >= 11 is 0. The van der Waals surface area contributed by atoms with E-state index in [9.17, 15) is 10.1 Å². The van der Waals surface area contributed by atoms with Crippen LogP contribution in [-0.2, 0) is 13.5 Å². The third-order valence-electron chi connectivity index (χ3n) is 2.90. The molecule has 0 unspecified atom stereocenters. The molecule has 0 saturated heterocycles. The molecule has 8 heteroatoms. The van der Waals surface area contributed by atoms with Crippen molar-refractivity contribution in [2.75, 3.05) is 23.7 Å². The lowest BCUT2D eigenvalue weighted by Gasteiger charge is -2.10. The Morgan fingerprint density at radius 2 is 2.05 bits per heavy atom. The van der Waals surface area contributed by atoms with Gasteiger partial charge in [-0.25, -0.2) is 4.98 Å². The molecule has 2 aromatic rings. The maximum absolute atomic E-state index is 11.3. The number of hydrogen-bond donors (Lipinski definition) is 2. The second kappa shape index (κ2) is 6.69. The summed E-state index contributed by atoms with van der Waals surface area (Å²) in [6.45, 7) is 3.05. The van der Waals surface area contributed by atoms with E-state index in [4.69, 9.17) is 0 Å². The Balaban J connectivity index is 2.08. The standard InChI is InChI=1S/C13H18N6O2/c1-3-14-10-5-4-6-11(13(10)19(20)21)15-8-7-12-16-9-18(2)17-12/h4-6,9,14-15H,3,7-8H2,1-2H3. The minimum absolute atomic E-state index is 0.0633. The van der Waals surface area contributed by atoms with E-state index < -0.39 is 0 Å². The summed E-state index contributed by atoms with van der Waals surface area (Å²) in [7, 11) is 1.80. The fraction of sp³-hybridized carbons (Fsp3) is 0.385. The first-order valence-corrected chi connectivity index (χ1v) is 6.71. The summed E-state index contributed by atoms with van der Waals surface area (Å²) in [6, 6.07) is 5.18. The van der Waals surface area contributed by atoms with Crippen LogP contribution in [-0.4, -0.2) is 32.8 Å². The molecule has 0 radical (unpaired) electrons. The van der Waals surface area contributed by atoms with E-state index in [2.05, 4.69) is 20.7 Å². The molecule has 2 rings (SSSR count). The normalized spacial score (nSPS) is 10.4. The summed E-state index contributed by atoms with van der Waals surface area (Å²) in [5.41, 5.74) is 1.08. The predicted octanol–water partition coefficient (Wildman–Crippen LogP) is 1.81. The molecule has 0 bridgehead atoms. The van der Waals surface area contributed by atoms with Gasteiger partial charge in [0.2, 0.25) is 0 Å². The SMILES string of the molecule is CCNc1cccc(NCCc2ncn(C)n2)c1[N+](=O)[O-]. The lowest BCUT2D eigenvalue weighted by atomic mass is 10.2. The van der Waals surface area contributed by atoms with Crippen molar-refractivity contribution in [3.63, 3.8) is 0 Å². The molecule has 0 spiro atoms. The number of nitrogens with zero attached hydrogens (tertiary/aromatic N) is 4. The van der Waals surface area contributed by atoms with E-state index in [0.717, 1.165) is 0 Å². The molecule has 0 atom stereocenters. The monoisotopic (exact) mass is 290 g/mol. The van der Waals surface area contributed by atoms with Gasteiger partial charge < -0.3 is 10.6 Å². The number of benzene rings is 1. The Kier molecular flexibility index (Phi) is 4.70. The van der Waals surface area contributed by atoms with Crippen molar-refractivity contribution in [1.82, 2.24) is 14.8 Å². The van der Waals surface area contributed by atoms with E-state index >= 15 is 0 Å². The first-order chi connectivity index (χ1) is 10.1. The Morgan fingerprint density at radius 3 is 2.62 bits per heavy atom. The predicted molar refractivity (Wildman–Crippen MR) is 80.5 cm³/mol. The maximum atomic E-state index is 11.3. The van der Waals surface area contributed by atoms with Crippen LogP contribution in [0.4, 0.5) is 17.1 Å². The lowest BCUT2D eigenvalue weighted by molar-refractivity contribution is -0.383. The van der Waals surface area contributed by atoms with Crippen molar-refractivity contribution in [2.45, 2.75) is 13.3 Å². The highest BCUT2D eigenvalue weighted by molar-refractivity contribution is 5.76. The first-order valence-electron chi connectivity index (χ1n) is 6.71. The van der Waals surface area contributed by atoms with Crippen molar-refractivity contribution in [3.05, 3.63) is 40.5 Å². The Labute approximate surface area is 122 Å². The highest BCUT2D eigenvalue weighted by Crippen LogP contribution is 2.32. The minimum atomic E-state index is -0.376. The van der Waals surface area contributed by atoms with E-state index in [1.807, 2.05) is 6.92 Å². The van der Waals surface area contributed by atoms with Gasteiger partial charge in [-0.15, -0.1) is 0 Å². The van der Waals surface area contributed by atoms with Crippen molar-refractivity contribution < 1.29 is 4.92 Å². The van der Waals surface area contributed by atoms with Gasteiger partial charge in [0.05, 0.1) is 4.92 Å². The highest BCUT2D eigenvalue weighted by atomic mass is 16.6. The van der Waals surface area contributed by atoms with Crippen molar-refractivity contribution >= 4 is 17.1 Å². The second-order valence-corrected chi connectivity index (χ2v) is 4.50. The third kappa shape index (κ3) is 3.68. The summed E-state index contributed by atoms with van der Waals surface area (Å²) in [5, 5.41) is 21.5. The van der Waals surface area contributed by atoms with E-state index in [0.29, 0.717) is 36.7 Å². The molecule has 0 aliphatic heterocycles. The van der Waals surface area contributed by atoms with Gasteiger partial charge in [0, 0.05) is 26.6 Å². The fourth-order valence-corrected chi connectivity index (χ4v) is 2.02. The van der Waals surface area contributed by atoms with Crippen LogP contribution in [0.25, 0.3) is 0 Å². The third-order valence-corrected chi connectivity index (χ3v) is 2.90. The average molecular weight is 290 g/mol. The molecule has 112 valence electrons. The van der Waals surface area contributed by atoms with Gasteiger partial charge in [0.15, 0.2) is 5.82 Å². The summed E-state index contributed by atoms with van der Waals surface area (Å²) < 4.78 is 1.63. The maximum Gasteiger partial charge on any atom is 0.315 e. The minimum Gasteiger partial charge on any atom is -0.380 e. The summed E-state index contributed by atoms with van der Waals surface area (Å²) in [6.07, 6.45) is 2.23. The van der Waals surface area contributed by atoms with Gasteiger partial charge in [-0.05, 0) is 19.1 Å². The number of nitro benzene ring substituents is 1. The van der Waals surface area contributed by atoms with Crippen molar-refractivity contribution in [3.8, 4) is 0 Å². The molecular weight excluding hydrogens is 272 g/mol. The molecular formula is C13H18N6O2. The molecule has 21 heavy (non-hydrogen) atoms. The first kappa shape index (κ1) is 14.8. The van der Waals surface area contributed by atoms with Gasteiger partial charge in [0.1, 0.15) is 17.7 Å². The largest absolute Gasteiger partial charge is 0.380 e.